The van der Waals surface area contributed by atoms with Crippen molar-refractivity contribution in [3.63, 3.8) is 0 Å². The molecule has 1 fully saturated rings. The summed E-state index contributed by atoms with van der Waals surface area (Å²) in [6.07, 6.45) is 5.23. The van der Waals surface area contributed by atoms with Gasteiger partial charge in [0.2, 0.25) is 7.37 Å². The number of carbonyl (C=O) groups excluding carboxylic acids is 1. The lowest BCUT2D eigenvalue weighted by Gasteiger charge is -2.32. The van der Waals surface area contributed by atoms with Crippen LogP contribution in [-0.4, -0.2) is 42.2 Å². The first kappa shape index (κ1) is 28.8. The quantitative estimate of drug-likeness (QED) is 0.142. The van der Waals surface area contributed by atoms with Gasteiger partial charge < -0.3 is 18.6 Å². The van der Waals surface area contributed by atoms with Gasteiger partial charge in [-0.2, -0.15) is 0 Å². The molecule has 0 aliphatic carbocycles. The van der Waals surface area contributed by atoms with Crippen LogP contribution in [0.1, 0.15) is 79.7 Å². The fourth-order valence-corrected chi connectivity index (χ4v) is 6.08. The lowest BCUT2D eigenvalue weighted by Crippen LogP contribution is -2.41. The number of hydrogen-bond acceptors (Lipinski definition) is 6. The molecule has 0 aromatic heterocycles. The second kappa shape index (κ2) is 12.0. The second-order valence-corrected chi connectivity index (χ2v) is 13.6. The van der Waals surface area contributed by atoms with E-state index in [0.29, 0.717) is 31.8 Å². The standard InChI is InChI=1S/C26H42BO6P/c1-24(2,3)33-34(29,20-14-18-27-31-25(4,5)26(6,7)32-27)19-13-9-12-17-23(28)30-21-22-15-10-8-11-16-22/h8,10-11,14-16,18H,9,12-13,17,19-21H2,1-7H3/b18-14+. The number of ether oxygens (including phenoxy) is 1. The van der Waals surface area contributed by atoms with Crippen LogP contribution in [0.25, 0.3) is 0 Å². The zero-order chi connectivity index (χ0) is 25.5. The van der Waals surface area contributed by atoms with Crippen LogP contribution in [0.4, 0.5) is 0 Å². The van der Waals surface area contributed by atoms with E-state index in [9.17, 15) is 9.36 Å². The molecule has 0 radical (unpaired) electrons. The molecule has 6 nitrogen and oxygen atoms in total. The molecule has 0 saturated carbocycles. The van der Waals surface area contributed by atoms with Crippen molar-refractivity contribution in [1.29, 1.82) is 0 Å². The fourth-order valence-electron chi connectivity index (χ4n) is 3.58. The van der Waals surface area contributed by atoms with Gasteiger partial charge in [-0.1, -0.05) is 48.8 Å². The summed E-state index contributed by atoms with van der Waals surface area (Å²) in [6, 6.07) is 9.64. The first-order chi connectivity index (χ1) is 15.7. The van der Waals surface area contributed by atoms with Gasteiger partial charge in [-0.3, -0.25) is 9.36 Å². The van der Waals surface area contributed by atoms with E-state index in [1.807, 2.05) is 90.8 Å². The zero-order valence-corrected chi connectivity index (χ0v) is 22.9. The van der Waals surface area contributed by atoms with Crippen molar-refractivity contribution in [2.24, 2.45) is 0 Å². The highest BCUT2D eigenvalue weighted by molar-refractivity contribution is 7.59. The van der Waals surface area contributed by atoms with Crippen molar-refractivity contribution >= 4 is 20.5 Å². The topological polar surface area (TPSA) is 71.1 Å². The maximum atomic E-state index is 13.6. The summed E-state index contributed by atoms with van der Waals surface area (Å²) in [5, 5.41) is 0. The summed E-state index contributed by atoms with van der Waals surface area (Å²) in [6.45, 7) is 14.1. The minimum atomic E-state index is -2.89. The molecule has 1 aliphatic rings. The van der Waals surface area contributed by atoms with Gasteiger partial charge in [0.15, 0.2) is 0 Å². The Morgan fingerprint density at radius 3 is 2.24 bits per heavy atom. The molecule has 1 aliphatic heterocycles. The van der Waals surface area contributed by atoms with Crippen molar-refractivity contribution in [3.05, 3.63) is 47.9 Å². The van der Waals surface area contributed by atoms with Gasteiger partial charge in [-0.25, -0.2) is 0 Å². The SMILES string of the molecule is CC(C)(C)OP(=O)(C/C=C/B1OC(C)(C)C(C)(C)O1)CCCCCC(=O)OCc1ccccc1. The molecule has 1 saturated heterocycles. The van der Waals surface area contributed by atoms with Crippen LogP contribution in [0.2, 0.25) is 0 Å². The van der Waals surface area contributed by atoms with Crippen LogP contribution in [0.15, 0.2) is 42.4 Å². The third-order valence-corrected chi connectivity index (χ3v) is 8.66. The largest absolute Gasteiger partial charge is 0.486 e. The molecule has 1 aromatic carbocycles. The van der Waals surface area contributed by atoms with E-state index in [1.54, 1.807) is 0 Å². The molecule has 34 heavy (non-hydrogen) atoms. The summed E-state index contributed by atoms with van der Waals surface area (Å²) >= 11 is 0. The Kier molecular flexibility index (Phi) is 10.2. The molecule has 1 heterocycles. The number of unbranched alkanes of at least 4 members (excludes halogenated alkanes) is 2. The molecule has 2 rings (SSSR count). The average molecular weight is 492 g/mol. The summed E-state index contributed by atoms with van der Waals surface area (Å²) in [5.74, 6) is 1.63. The minimum absolute atomic E-state index is 0.205. The van der Waals surface area contributed by atoms with Crippen LogP contribution in [-0.2, 0) is 34.5 Å². The van der Waals surface area contributed by atoms with Gasteiger partial charge in [-0.15, -0.1) is 0 Å². The zero-order valence-electron chi connectivity index (χ0n) is 22.0. The first-order valence-electron chi connectivity index (χ1n) is 12.2. The molecule has 0 amide bonds. The van der Waals surface area contributed by atoms with E-state index in [4.69, 9.17) is 18.6 Å². The summed E-state index contributed by atoms with van der Waals surface area (Å²) in [5.41, 5.74) is -0.342. The number of hydrogen-bond donors (Lipinski definition) is 0. The number of rotatable bonds is 12. The molecule has 1 atom stereocenters. The smallest absolute Gasteiger partial charge is 0.461 e. The molecule has 190 valence electrons. The van der Waals surface area contributed by atoms with Crippen molar-refractivity contribution in [2.45, 2.75) is 97.6 Å². The van der Waals surface area contributed by atoms with Gasteiger partial charge in [0, 0.05) is 18.7 Å². The Hall–Kier alpha value is -1.40. The maximum absolute atomic E-state index is 13.6. The van der Waals surface area contributed by atoms with Gasteiger partial charge in [0.1, 0.15) is 6.61 Å². The lowest BCUT2D eigenvalue weighted by atomic mass is 9.90. The van der Waals surface area contributed by atoms with Gasteiger partial charge in [-0.05, 0) is 66.9 Å². The molecule has 1 aromatic rings. The average Bonchev–Trinajstić information content (AvgIpc) is 2.91. The number of carbonyl (C=O) groups is 1. The minimum Gasteiger partial charge on any atom is -0.461 e. The normalized spacial score (nSPS) is 19.3. The highest BCUT2D eigenvalue weighted by Gasteiger charge is 2.50. The molecule has 0 spiro atoms. The number of esters is 1. The Balaban J connectivity index is 1.78. The summed E-state index contributed by atoms with van der Waals surface area (Å²) in [7, 11) is -3.36. The van der Waals surface area contributed by atoms with Crippen molar-refractivity contribution in [1.82, 2.24) is 0 Å². The van der Waals surface area contributed by atoms with Crippen molar-refractivity contribution in [2.75, 3.05) is 12.3 Å². The fraction of sp³-hybridized carbons (Fsp3) is 0.654. The lowest BCUT2D eigenvalue weighted by molar-refractivity contribution is -0.145. The number of allylic oxidation sites excluding steroid dienone is 1. The first-order valence-corrected chi connectivity index (χ1v) is 14.2. The maximum Gasteiger partial charge on any atom is 0.486 e. The molecule has 8 heteroatoms. The van der Waals surface area contributed by atoms with Crippen LogP contribution >= 0.6 is 7.37 Å². The highest BCUT2D eigenvalue weighted by atomic mass is 31.2. The Bertz CT molecular complexity index is 844. The molecular formula is C26H42BO6P. The van der Waals surface area contributed by atoms with E-state index in [-0.39, 0.29) is 5.97 Å². The molecule has 0 N–H and O–H groups in total. The van der Waals surface area contributed by atoms with Crippen LogP contribution in [0, 0.1) is 0 Å². The van der Waals surface area contributed by atoms with E-state index in [0.717, 1.165) is 18.4 Å². The predicted molar refractivity (Wildman–Crippen MR) is 138 cm³/mol. The third kappa shape index (κ3) is 9.69. The summed E-state index contributed by atoms with van der Waals surface area (Å²) < 4.78 is 36.9. The Morgan fingerprint density at radius 1 is 1.03 bits per heavy atom. The monoisotopic (exact) mass is 492 g/mol. The van der Waals surface area contributed by atoms with Crippen molar-refractivity contribution < 1.29 is 27.9 Å². The molecular weight excluding hydrogens is 450 g/mol. The van der Waals surface area contributed by atoms with Crippen LogP contribution in [0.3, 0.4) is 0 Å². The van der Waals surface area contributed by atoms with E-state index in [2.05, 4.69) is 0 Å². The second-order valence-electron chi connectivity index (χ2n) is 10.9. The third-order valence-electron chi connectivity index (χ3n) is 6.01. The predicted octanol–water partition coefficient (Wildman–Crippen LogP) is 6.57. The van der Waals surface area contributed by atoms with E-state index in [1.165, 1.54) is 0 Å². The molecule has 0 bridgehead atoms. The van der Waals surface area contributed by atoms with E-state index >= 15 is 0 Å². The number of benzene rings is 1. The Morgan fingerprint density at radius 2 is 1.65 bits per heavy atom. The summed E-state index contributed by atoms with van der Waals surface area (Å²) in [4.78, 5) is 12.0. The van der Waals surface area contributed by atoms with Crippen LogP contribution < -0.4 is 0 Å². The Labute approximate surface area is 206 Å². The highest BCUT2D eigenvalue weighted by Crippen LogP contribution is 2.51. The van der Waals surface area contributed by atoms with Gasteiger partial charge in [0.25, 0.3) is 0 Å². The van der Waals surface area contributed by atoms with Crippen LogP contribution in [0.5, 0.6) is 0 Å². The molecule has 1 unspecified atom stereocenters. The van der Waals surface area contributed by atoms with Gasteiger partial charge >= 0.3 is 13.1 Å². The van der Waals surface area contributed by atoms with Crippen molar-refractivity contribution in [3.8, 4) is 0 Å². The van der Waals surface area contributed by atoms with E-state index < -0.39 is 31.3 Å². The van der Waals surface area contributed by atoms with Gasteiger partial charge in [0.05, 0.1) is 16.8 Å².